The number of ether oxygens (including phenoxy) is 1. The number of rotatable bonds is 13. The Kier molecular flexibility index (Phi) is 9.17. The van der Waals surface area contributed by atoms with Gasteiger partial charge in [0, 0.05) is 23.3 Å². The van der Waals surface area contributed by atoms with E-state index in [1.807, 2.05) is 0 Å². The molecule has 2 rings (SSSR count). The molecule has 0 saturated carbocycles. The van der Waals surface area contributed by atoms with Gasteiger partial charge in [-0.25, -0.2) is 4.79 Å². The predicted octanol–water partition coefficient (Wildman–Crippen LogP) is 6.58. The molecule has 0 aliphatic carbocycles. The molecule has 0 amide bonds. The molecule has 0 saturated heterocycles. The first kappa shape index (κ1) is 21.3. The molecule has 0 aliphatic heterocycles. The molecule has 0 spiro atoms. The minimum absolute atomic E-state index is 0.266. The van der Waals surface area contributed by atoms with E-state index < -0.39 is 0 Å². The van der Waals surface area contributed by atoms with Crippen molar-refractivity contribution in [3.05, 3.63) is 48.2 Å². The molecule has 1 aromatic carbocycles. The molecular formula is C24H35NO2. The minimum atomic E-state index is -0.266. The second-order valence-electron chi connectivity index (χ2n) is 7.59. The Morgan fingerprint density at radius 2 is 1.56 bits per heavy atom. The second kappa shape index (κ2) is 11.6. The van der Waals surface area contributed by atoms with Crippen molar-refractivity contribution in [1.29, 1.82) is 0 Å². The minimum Gasteiger partial charge on any atom is -0.462 e. The number of unbranched alkanes of at least 4 members (excludes halogenated alkanes) is 8. The zero-order valence-corrected chi connectivity index (χ0v) is 17.1. The summed E-state index contributed by atoms with van der Waals surface area (Å²) in [7, 11) is 0. The van der Waals surface area contributed by atoms with Crippen molar-refractivity contribution >= 4 is 16.9 Å². The fraction of sp³-hybridized carbons (Fsp3) is 0.542. The van der Waals surface area contributed by atoms with Gasteiger partial charge in [0.1, 0.15) is 0 Å². The largest absolute Gasteiger partial charge is 0.462 e. The zero-order valence-electron chi connectivity index (χ0n) is 17.1. The van der Waals surface area contributed by atoms with E-state index in [2.05, 4.69) is 48.4 Å². The number of carbonyl (C=O) groups is 1. The lowest BCUT2D eigenvalue weighted by atomic mass is 10.1. The third-order valence-corrected chi connectivity index (χ3v) is 5.13. The molecule has 3 heteroatoms. The maximum absolute atomic E-state index is 11.2. The van der Waals surface area contributed by atoms with E-state index in [0.29, 0.717) is 12.2 Å². The van der Waals surface area contributed by atoms with E-state index in [9.17, 15) is 4.79 Å². The van der Waals surface area contributed by atoms with Gasteiger partial charge < -0.3 is 9.30 Å². The summed E-state index contributed by atoms with van der Waals surface area (Å²) < 4.78 is 7.56. The summed E-state index contributed by atoms with van der Waals surface area (Å²) in [5, 5.41) is 1.35. The summed E-state index contributed by atoms with van der Waals surface area (Å²) in [6, 6.07) is 10.9. The maximum atomic E-state index is 11.2. The molecule has 0 fully saturated rings. The average molecular weight is 370 g/mol. The lowest BCUT2D eigenvalue weighted by molar-refractivity contribution is -0.139. The zero-order chi connectivity index (χ0) is 19.5. The van der Waals surface area contributed by atoms with Crippen LogP contribution in [0.4, 0.5) is 0 Å². The number of nitrogens with zero attached hydrogens (tertiary/aromatic N) is 1. The molecule has 0 N–H and O–H groups in total. The first-order valence-corrected chi connectivity index (χ1v) is 10.5. The third-order valence-electron chi connectivity index (χ3n) is 5.13. The Labute approximate surface area is 164 Å². The molecule has 1 aromatic heterocycles. The van der Waals surface area contributed by atoms with Crippen LogP contribution in [0.2, 0.25) is 0 Å². The first-order chi connectivity index (χ1) is 13.1. The van der Waals surface area contributed by atoms with Crippen LogP contribution in [0.5, 0.6) is 0 Å². The van der Waals surface area contributed by atoms with Crippen LogP contribution in [0, 0.1) is 6.92 Å². The maximum Gasteiger partial charge on any atom is 0.333 e. The predicted molar refractivity (Wildman–Crippen MR) is 114 cm³/mol. The standard InChI is InChI=1S/C24H35NO2/c1-20(2)24(26)27-18-14-10-8-6-4-5-7-9-13-17-25-21(3)19-22-15-11-12-16-23(22)25/h11-12,15-16,19H,1,4-10,13-14,17-18H2,2-3H3. The molecule has 2 aromatic rings. The SMILES string of the molecule is C=C(C)C(=O)OCCCCCCCCCCCn1c(C)cc2ccccc21. The molecule has 27 heavy (non-hydrogen) atoms. The number of carbonyl (C=O) groups excluding carboxylic acids is 1. The second-order valence-corrected chi connectivity index (χ2v) is 7.59. The summed E-state index contributed by atoms with van der Waals surface area (Å²) in [6.45, 7) is 9.13. The van der Waals surface area contributed by atoms with Crippen LogP contribution in [-0.2, 0) is 16.1 Å². The van der Waals surface area contributed by atoms with Gasteiger partial charge in [0.25, 0.3) is 0 Å². The Morgan fingerprint density at radius 1 is 0.963 bits per heavy atom. The van der Waals surface area contributed by atoms with Gasteiger partial charge in [0.2, 0.25) is 0 Å². The lowest BCUT2D eigenvalue weighted by Crippen LogP contribution is -2.05. The Hall–Kier alpha value is -2.03. The highest BCUT2D eigenvalue weighted by molar-refractivity contribution is 5.86. The van der Waals surface area contributed by atoms with Crippen molar-refractivity contribution in [2.45, 2.75) is 78.2 Å². The number of benzene rings is 1. The van der Waals surface area contributed by atoms with Crippen LogP contribution in [0.25, 0.3) is 10.9 Å². The summed E-state index contributed by atoms with van der Waals surface area (Å²) in [5.74, 6) is -0.266. The average Bonchev–Trinajstić information content (AvgIpc) is 2.97. The normalized spacial score (nSPS) is 11.0. The van der Waals surface area contributed by atoms with Crippen LogP contribution in [-0.4, -0.2) is 17.1 Å². The smallest absolute Gasteiger partial charge is 0.333 e. The lowest BCUT2D eigenvalue weighted by Gasteiger charge is -2.08. The summed E-state index contributed by atoms with van der Waals surface area (Å²) in [5.41, 5.74) is 3.21. The van der Waals surface area contributed by atoms with Crippen molar-refractivity contribution in [3.8, 4) is 0 Å². The fourth-order valence-electron chi connectivity index (χ4n) is 3.54. The summed E-state index contributed by atoms with van der Waals surface area (Å²) in [6.07, 6.45) is 11.2. The molecule has 0 unspecified atom stereocenters. The molecule has 1 heterocycles. The van der Waals surface area contributed by atoms with Crippen molar-refractivity contribution in [2.24, 2.45) is 0 Å². The van der Waals surface area contributed by atoms with Gasteiger partial charge in [-0.1, -0.05) is 69.7 Å². The molecular weight excluding hydrogens is 334 g/mol. The van der Waals surface area contributed by atoms with E-state index in [1.165, 1.54) is 61.5 Å². The van der Waals surface area contributed by atoms with Gasteiger partial charge in [-0.3, -0.25) is 0 Å². The molecule has 0 radical (unpaired) electrons. The fourth-order valence-corrected chi connectivity index (χ4v) is 3.54. The van der Waals surface area contributed by atoms with Gasteiger partial charge in [-0.15, -0.1) is 0 Å². The molecule has 3 nitrogen and oxygen atoms in total. The number of fused-ring (bicyclic) bond motifs is 1. The number of para-hydroxylation sites is 1. The van der Waals surface area contributed by atoms with Gasteiger partial charge >= 0.3 is 5.97 Å². The van der Waals surface area contributed by atoms with E-state index in [0.717, 1.165) is 19.4 Å². The number of aryl methyl sites for hydroxylation is 2. The third kappa shape index (κ3) is 7.24. The van der Waals surface area contributed by atoms with Gasteiger partial charge in [0.15, 0.2) is 0 Å². The van der Waals surface area contributed by atoms with Gasteiger partial charge in [-0.05, 0) is 44.2 Å². The monoisotopic (exact) mass is 369 g/mol. The quantitative estimate of drug-likeness (QED) is 0.227. The summed E-state index contributed by atoms with van der Waals surface area (Å²) in [4.78, 5) is 11.2. The molecule has 0 atom stereocenters. The van der Waals surface area contributed by atoms with Gasteiger partial charge in [0.05, 0.1) is 6.61 Å². The Morgan fingerprint density at radius 3 is 2.22 bits per heavy atom. The first-order valence-electron chi connectivity index (χ1n) is 10.5. The molecule has 0 aliphatic rings. The van der Waals surface area contributed by atoms with Crippen LogP contribution < -0.4 is 0 Å². The van der Waals surface area contributed by atoms with Crippen molar-refractivity contribution in [3.63, 3.8) is 0 Å². The van der Waals surface area contributed by atoms with Crippen molar-refractivity contribution < 1.29 is 9.53 Å². The van der Waals surface area contributed by atoms with E-state index in [4.69, 9.17) is 4.74 Å². The summed E-state index contributed by atoms with van der Waals surface area (Å²) >= 11 is 0. The number of hydrogen-bond acceptors (Lipinski definition) is 2. The van der Waals surface area contributed by atoms with E-state index >= 15 is 0 Å². The highest BCUT2D eigenvalue weighted by Crippen LogP contribution is 2.20. The van der Waals surface area contributed by atoms with Gasteiger partial charge in [-0.2, -0.15) is 0 Å². The molecule has 0 bridgehead atoms. The highest BCUT2D eigenvalue weighted by Gasteiger charge is 2.04. The van der Waals surface area contributed by atoms with E-state index in [1.54, 1.807) is 6.92 Å². The topological polar surface area (TPSA) is 31.2 Å². The van der Waals surface area contributed by atoms with E-state index in [-0.39, 0.29) is 5.97 Å². The number of aromatic nitrogens is 1. The Balaban J connectivity index is 1.45. The molecule has 148 valence electrons. The van der Waals surface area contributed by atoms with Crippen molar-refractivity contribution in [1.82, 2.24) is 4.57 Å². The van der Waals surface area contributed by atoms with Crippen LogP contribution in [0.1, 0.15) is 70.4 Å². The van der Waals surface area contributed by atoms with Crippen molar-refractivity contribution in [2.75, 3.05) is 6.61 Å². The van der Waals surface area contributed by atoms with Crippen LogP contribution in [0.15, 0.2) is 42.5 Å². The number of esters is 1. The number of hydrogen-bond donors (Lipinski definition) is 0. The highest BCUT2D eigenvalue weighted by atomic mass is 16.5. The van der Waals surface area contributed by atoms with Crippen LogP contribution in [0.3, 0.4) is 0 Å². The van der Waals surface area contributed by atoms with Crippen LogP contribution >= 0.6 is 0 Å². The Bertz CT molecular complexity index is 729.